The van der Waals surface area contributed by atoms with Gasteiger partial charge in [-0.2, -0.15) is 10.1 Å². The summed E-state index contributed by atoms with van der Waals surface area (Å²) in [7, 11) is 3.85. The molecule has 3 aromatic rings. The predicted molar refractivity (Wildman–Crippen MR) is 132 cm³/mol. The zero-order valence-electron chi connectivity index (χ0n) is 18.6. The molecular formula is C26H22N4O4. The van der Waals surface area contributed by atoms with E-state index in [1.54, 1.807) is 66.7 Å². The summed E-state index contributed by atoms with van der Waals surface area (Å²) in [6, 6.07) is 22.6. The van der Waals surface area contributed by atoms with E-state index < -0.39 is 11.9 Å². The number of hydrazone groups is 1. The molecule has 2 N–H and O–H groups in total. The van der Waals surface area contributed by atoms with Crippen molar-refractivity contribution in [3.05, 3.63) is 95.6 Å². The first-order chi connectivity index (χ1) is 16.3. The van der Waals surface area contributed by atoms with Crippen LogP contribution in [-0.2, 0) is 9.59 Å². The Labute approximate surface area is 196 Å². The van der Waals surface area contributed by atoms with Crippen molar-refractivity contribution in [3.63, 3.8) is 0 Å². The van der Waals surface area contributed by atoms with E-state index in [0.717, 1.165) is 10.7 Å². The van der Waals surface area contributed by atoms with E-state index in [2.05, 4.69) is 10.4 Å². The fourth-order valence-electron chi connectivity index (χ4n) is 3.39. The molecule has 2 amide bonds. The Balaban J connectivity index is 1.51. The highest BCUT2D eigenvalue weighted by atomic mass is 16.4. The summed E-state index contributed by atoms with van der Waals surface area (Å²) in [5, 5.41) is 17.4. The Bertz CT molecular complexity index is 1290. The summed E-state index contributed by atoms with van der Waals surface area (Å²) in [6.07, 6.45) is 1.48. The van der Waals surface area contributed by atoms with Gasteiger partial charge in [-0.1, -0.05) is 30.3 Å². The third-order valence-corrected chi connectivity index (χ3v) is 5.21. The molecule has 8 nitrogen and oxygen atoms in total. The number of para-hydroxylation sites is 1. The minimum absolute atomic E-state index is 0.0193. The molecule has 0 aliphatic carbocycles. The highest BCUT2D eigenvalue weighted by molar-refractivity contribution is 6.53. The van der Waals surface area contributed by atoms with Gasteiger partial charge in [0.25, 0.3) is 11.8 Å². The monoisotopic (exact) mass is 454 g/mol. The van der Waals surface area contributed by atoms with Crippen LogP contribution in [0.25, 0.3) is 6.08 Å². The van der Waals surface area contributed by atoms with Crippen LogP contribution in [-0.4, -0.2) is 42.7 Å². The quantitative estimate of drug-likeness (QED) is 0.551. The van der Waals surface area contributed by atoms with Gasteiger partial charge in [0, 0.05) is 31.0 Å². The first kappa shape index (κ1) is 22.5. The second-order valence-electron chi connectivity index (χ2n) is 7.78. The average Bonchev–Trinajstić information content (AvgIpc) is 3.17. The van der Waals surface area contributed by atoms with Gasteiger partial charge in [0.05, 0.1) is 11.3 Å². The molecule has 0 fully saturated rings. The van der Waals surface area contributed by atoms with Crippen molar-refractivity contribution in [2.75, 3.05) is 29.3 Å². The molecule has 0 unspecified atom stereocenters. The summed E-state index contributed by atoms with van der Waals surface area (Å²) in [6.45, 7) is 0. The van der Waals surface area contributed by atoms with Crippen LogP contribution >= 0.6 is 0 Å². The summed E-state index contributed by atoms with van der Waals surface area (Å²) in [5.74, 6) is -2.06. The van der Waals surface area contributed by atoms with E-state index in [9.17, 15) is 19.5 Å². The molecule has 3 aromatic carbocycles. The number of amides is 2. The molecule has 1 heterocycles. The van der Waals surface area contributed by atoms with Gasteiger partial charge < -0.3 is 15.3 Å². The van der Waals surface area contributed by atoms with Crippen molar-refractivity contribution >= 4 is 46.6 Å². The number of carbonyl (C=O) groups excluding carboxylic acids is 2. The lowest BCUT2D eigenvalue weighted by Gasteiger charge is -2.12. The number of nitrogens with one attached hydrogen (secondary N) is 1. The minimum atomic E-state index is -1.29. The van der Waals surface area contributed by atoms with Gasteiger partial charge in [-0.25, -0.2) is 4.79 Å². The Morgan fingerprint density at radius 2 is 1.59 bits per heavy atom. The Morgan fingerprint density at radius 1 is 0.941 bits per heavy atom. The smallest absolute Gasteiger partial charge is 0.357 e. The second-order valence-corrected chi connectivity index (χ2v) is 7.78. The number of benzene rings is 3. The number of hydrogen-bond donors (Lipinski definition) is 2. The van der Waals surface area contributed by atoms with Crippen LogP contribution in [0.2, 0.25) is 0 Å². The van der Waals surface area contributed by atoms with E-state index >= 15 is 0 Å². The zero-order chi connectivity index (χ0) is 24.2. The SMILES string of the molecule is CN(C)c1ccc(C(=O)Nc2ccc(/C=C3\C(=O)N(c4ccccc4)N=C3C(=O)O)cc2)cc1. The Kier molecular flexibility index (Phi) is 6.22. The number of hydrogen-bond acceptors (Lipinski definition) is 5. The highest BCUT2D eigenvalue weighted by Crippen LogP contribution is 2.25. The van der Waals surface area contributed by atoms with Crippen molar-refractivity contribution in [1.82, 2.24) is 0 Å². The Morgan fingerprint density at radius 3 is 2.18 bits per heavy atom. The highest BCUT2D eigenvalue weighted by Gasteiger charge is 2.35. The van der Waals surface area contributed by atoms with E-state index in [4.69, 9.17) is 0 Å². The van der Waals surface area contributed by atoms with Crippen LogP contribution in [0.15, 0.2) is 89.5 Å². The fraction of sp³-hybridized carbons (Fsp3) is 0.0769. The van der Waals surface area contributed by atoms with Crippen molar-refractivity contribution in [3.8, 4) is 0 Å². The van der Waals surface area contributed by atoms with Gasteiger partial charge in [0.2, 0.25) is 0 Å². The maximum atomic E-state index is 12.9. The largest absolute Gasteiger partial charge is 0.476 e. The van der Waals surface area contributed by atoms with Gasteiger partial charge >= 0.3 is 5.97 Å². The zero-order valence-corrected chi connectivity index (χ0v) is 18.6. The molecule has 1 aliphatic heterocycles. The van der Waals surface area contributed by atoms with Gasteiger partial charge in [-0.15, -0.1) is 0 Å². The van der Waals surface area contributed by atoms with Gasteiger partial charge in [0.15, 0.2) is 5.71 Å². The van der Waals surface area contributed by atoms with Crippen molar-refractivity contribution in [1.29, 1.82) is 0 Å². The molecule has 34 heavy (non-hydrogen) atoms. The minimum Gasteiger partial charge on any atom is -0.476 e. The molecule has 8 heteroatoms. The van der Waals surface area contributed by atoms with Gasteiger partial charge in [-0.3, -0.25) is 9.59 Å². The number of anilines is 3. The van der Waals surface area contributed by atoms with E-state index in [1.165, 1.54) is 6.08 Å². The maximum absolute atomic E-state index is 12.9. The lowest BCUT2D eigenvalue weighted by molar-refractivity contribution is -0.129. The lowest BCUT2D eigenvalue weighted by Crippen LogP contribution is -2.22. The fourth-order valence-corrected chi connectivity index (χ4v) is 3.39. The molecule has 0 saturated heterocycles. The molecule has 0 saturated carbocycles. The molecule has 0 radical (unpaired) electrons. The normalized spacial score (nSPS) is 14.2. The third-order valence-electron chi connectivity index (χ3n) is 5.21. The summed E-state index contributed by atoms with van der Waals surface area (Å²) >= 11 is 0. The average molecular weight is 454 g/mol. The van der Waals surface area contributed by atoms with Gasteiger partial charge in [0.1, 0.15) is 0 Å². The molecule has 4 rings (SSSR count). The number of carbonyl (C=O) groups is 3. The molecule has 0 bridgehead atoms. The number of carboxylic acid groups (broad SMARTS) is 1. The van der Waals surface area contributed by atoms with Gasteiger partial charge in [-0.05, 0) is 60.2 Å². The topological polar surface area (TPSA) is 102 Å². The molecule has 1 aliphatic rings. The van der Waals surface area contributed by atoms with Crippen molar-refractivity contribution in [2.45, 2.75) is 0 Å². The van der Waals surface area contributed by atoms with Crippen molar-refractivity contribution < 1.29 is 19.5 Å². The molecule has 0 spiro atoms. The number of carboxylic acids is 1. The Hall–Kier alpha value is -4.72. The maximum Gasteiger partial charge on any atom is 0.357 e. The van der Waals surface area contributed by atoms with Crippen LogP contribution in [0, 0.1) is 0 Å². The second kappa shape index (κ2) is 9.41. The lowest BCUT2D eigenvalue weighted by atomic mass is 10.1. The number of nitrogens with zero attached hydrogens (tertiary/aromatic N) is 3. The first-order valence-corrected chi connectivity index (χ1v) is 10.5. The first-order valence-electron chi connectivity index (χ1n) is 10.5. The molecule has 0 aromatic heterocycles. The standard InChI is InChI=1S/C26H22N4O4/c1-29(2)20-14-10-18(11-15-20)24(31)27-19-12-8-17(9-13-19)16-22-23(26(33)34)28-30(25(22)32)21-6-4-3-5-7-21/h3-16H,1-2H3,(H,27,31)(H,33,34)/b22-16-. The van der Waals surface area contributed by atoms with Crippen LogP contribution in [0.3, 0.4) is 0 Å². The summed E-state index contributed by atoms with van der Waals surface area (Å²) in [4.78, 5) is 39.0. The van der Waals surface area contributed by atoms with E-state index in [0.29, 0.717) is 22.5 Å². The molecule has 170 valence electrons. The summed E-state index contributed by atoms with van der Waals surface area (Å²) < 4.78 is 0. The van der Waals surface area contributed by atoms with Crippen LogP contribution in [0.5, 0.6) is 0 Å². The van der Waals surface area contributed by atoms with E-state index in [1.807, 2.05) is 31.1 Å². The number of aliphatic carboxylic acids is 1. The van der Waals surface area contributed by atoms with Crippen LogP contribution in [0.1, 0.15) is 15.9 Å². The molecular weight excluding hydrogens is 432 g/mol. The van der Waals surface area contributed by atoms with Crippen molar-refractivity contribution in [2.24, 2.45) is 5.10 Å². The molecule has 0 atom stereocenters. The predicted octanol–water partition coefficient (Wildman–Crippen LogP) is 3.88. The third kappa shape index (κ3) is 4.71. The number of rotatable bonds is 6. The van der Waals surface area contributed by atoms with Crippen LogP contribution in [0.4, 0.5) is 17.1 Å². The summed E-state index contributed by atoms with van der Waals surface area (Å²) in [5.41, 5.74) is 2.81. The van der Waals surface area contributed by atoms with Crippen LogP contribution < -0.4 is 15.2 Å². The van der Waals surface area contributed by atoms with E-state index in [-0.39, 0.29) is 17.2 Å².